The minimum absolute atomic E-state index is 0.0520. The molecule has 0 aliphatic carbocycles. The summed E-state index contributed by atoms with van der Waals surface area (Å²) in [4.78, 5) is 19.8. The minimum atomic E-state index is 0.0520. The van der Waals surface area contributed by atoms with E-state index in [1.807, 2.05) is 22.6 Å². The standard InChI is InChI=1S/C18H27N5O/c1-11(2)23-17-16(10-20-23)15(8-13(4)21-17)18(24)22-6-5-12(3)7-14(22)9-19/h8,10-12,14H,5-7,9,19H2,1-4H3. The molecule has 0 radical (unpaired) electrons. The van der Waals surface area contributed by atoms with Gasteiger partial charge in [-0.2, -0.15) is 5.10 Å². The van der Waals surface area contributed by atoms with Gasteiger partial charge in [-0.1, -0.05) is 6.92 Å². The van der Waals surface area contributed by atoms with Gasteiger partial charge in [0, 0.05) is 30.9 Å². The van der Waals surface area contributed by atoms with E-state index in [2.05, 4.69) is 30.9 Å². The van der Waals surface area contributed by atoms with Crippen molar-refractivity contribution in [2.75, 3.05) is 13.1 Å². The van der Waals surface area contributed by atoms with Crippen LogP contribution in [0.25, 0.3) is 11.0 Å². The first-order valence-corrected chi connectivity index (χ1v) is 8.78. The van der Waals surface area contributed by atoms with Crippen LogP contribution in [0.3, 0.4) is 0 Å². The van der Waals surface area contributed by atoms with Crippen molar-refractivity contribution in [3.05, 3.63) is 23.5 Å². The lowest BCUT2D eigenvalue weighted by Crippen LogP contribution is -2.49. The maximum absolute atomic E-state index is 13.2. The molecule has 3 rings (SSSR count). The summed E-state index contributed by atoms with van der Waals surface area (Å²) in [6.45, 7) is 9.55. The van der Waals surface area contributed by atoms with Crippen LogP contribution in [0.5, 0.6) is 0 Å². The number of nitrogens with two attached hydrogens (primary N) is 1. The van der Waals surface area contributed by atoms with E-state index in [9.17, 15) is 4.79 Å². The quantitative estimate of drug-likeness (QED) is 0.938. The van der Waals surface area contributed by atoms with Gasteiger partial charge in [-0.25, -0.2) is 9.67 Å². The summed E-state index contributed by atoms with van der Waals surface area (Å²) >= 11 is 0. The number of pyridine rings is 1. The minimum Gasteiger partial charge on any atom is -0.334 e. The van der Waals surface area contributed by atoms with E-state index in [4.69, 9.17) is 5.73 Å². The van der Waals surface area contributed by atoms with Crippen molar-refractivity contribution in [1.82, 2.24) is 19.7 Å². The molecule has 1 saturated heterocycles. The molecule has 2 unspecified atom stereocenters. The predicted octanol–water partition coefficient (Wildman–Crippen LogP) is 2.52. The van der Waals surface area contributed by atoms with E-state index in [1.54, 1.807) is 6.20 Å². The topological polar surface area (TPSA) is 77.0 Å². The van der Waals surface area contributed by atoms with E-state index in [1.165, 1.54) is 0 Å². The molecule has 0 aromatic carbocycles. The van der Waals surface area contributed by atoms with E-state index in [0.717, 1.165) is 36.1 Å². The molecule has 1 amide bonds. The molecule has 2 aromatic heterocycles. The van der Waals surface area contributed by atoms with Crippen molar-refractivity contribution in [3.63, 3.8) is 0 Å². The van der Waals surface area contributed by atoms with Gasteiger partial charge in [-0.05, 0) is 45.6 Å². The molecule has 2 aromatic rings. The number of carbonyl (C=O) groups excluding carboxylic acids is 1. The highest BCUT2D eigenvalue weighted by Gasteiger charge is 2.31. The summed E-state index contributed by atoms with van der Waals surface area (Å²) in [5.41, 5.74) is 8.24. The third kappa shape index (κ3) is 2.90. The van der Waals surface area contributed by atoms with Gasteiger partial charge in [-0.15, -0.1) is 0 Å². The maximum atomic E-state index is 13.2. The van der Waals surface area contributed by atoms with Crippen molar-refractivity contribution < 1.29 is 4.79 Å². The zero-order valence-corrected chi connectivity index (χ0v) is 15.0. The van der Waals surface area contributed by atoms with Crippen molar-refractivity contribution in [2.45, 2.75) is 52.6 Å². The Labute approximate surface area is 143 Å². The molecular formula is C18H27N5O. The first-order chi connectivity index (χ1) is 11.4. The molecule has 1 aliphatic heterocycles. The molecule has 1 aliphatic rings. The normalized spacial score (nSPS) is 21.7. The molecule has 6 heteroatoms. The van der Waals surface area contributed by atoms with Crippen molar-refractivity contribution in [1.29, 1.82) is 0 Å². The van der Waals surface area contributed by atoms with E-state index < -0.39 is 0 Å². The molecule has 24 heavy (non-hydrogen) atoms. The predicted molar refractivity (Wildman–Crippen MR) is 94.9 cm³/mol. The third-order valence-corrected chi connectivity index (χ3v) is 4.93. The average Bonchev–Trinajstić information content (AvgIpc) is 2.97. The Hall–Kier alpha value is -1.95. The summed E-state index contributed by atoms with van der Waals surface area (Å²) in [5, 5.41) is 5.26. The van der Waals surface area contributed by atoms with Crippen LogP contribution in [0.15, 0.2) is 12.3 Å². The summed E-state index contributed by atoms with van der Waals surface area (Å²) in [6.07, 6.45) is 3.76. The smallest absolute Gasteiger partial charge is 0.255 e. The number of likely N-dealkylation sites (tertiary alicyclic amines) is 1. The van der Waals surface area contributed by atoms with Crippen LogP contribution in [-0.4, -0.2) is 44.7 Å². The maximum Gasteiger partial charge on any atom is 0.255 e. The third-order valence-electron chi connectivity index (χ3n) is 4.93. The fourth-order valence-electron chi connectivity index (χ4n) is 3.60. The number of hydrogen-bond donors (Lipinski definition) is 1. The molecule has 0 bridgehead atoms. The van der Waals surface area contributed by atoms with Gasteiger partial charge >= 0.3 is 0 Å². The van der Waals surface area contributed by atoms with Gasteiger partial charge in [-0.3, -0.25) is 4.79 Å². The first-order valence-electron chi connectivity index (χ1n) is 8.78. The fraction of sp³-hybridized carbons (Fsp3) is 0.611. The second kappa shape index (κ2) is 6.51. The number of fused-ring (bicyclic) bond motifs is 1. The van der Waals surface area contributed by atoms with Crippen LogP contribution in [0.4, 0.5) is 0 Å². The van der Waals surface area contributed by atoms with E-state index in [-0.39, 0.29) is 18.0 Å². The zero-order chi connectivity index (χ0) is 17.4. The second-order valence-corrected chi connectivity index (χ2v) is 7.25. The SMILES string of the molecule is Cc1cc(C(=O)N2CCC(C)CC2CN)c2cnn(C(C)C)c2n1. The highest BCUT2D eigenvalue weighted by atomic mass is 16.2. The Bertz CT molecular complexity index is 751. The van der Waals surface area contributed by atoms with Gasteiger partial charge in [0.25, 0.3) is 5.91 Å². The first kappa shape index (κ1) is 16.9. The lowest BCUT2D eigenvalue weighted by atomic mass is 9.91. The second-order valence-electron chi connectivity index (χ2n) is 7.25. The molecule has 1 fully saturated rings. The van der Waals surface area contributed by atoms with Gasteiger partial charge in [0.2, 0.25) is 0 Å². The number of rotatable bonds is 3. The van der Waals surface area contributed by atoms with Crippen LogP contribution in [-0.2, 0) is 0 Å². The van der Waals surface area contributed by atoms with Crippen LogP contribution < -0.4 is 5.73 Å². The molecule has 6 nitrogen and oxygen atoms in total. The van der Waals surface area contributed by atoms with Gasteiger partial charge in [0.1, 0.15) is 0 Å². The van der Waals surface area contributed by atoms with Crippen molar-refractivity contribution in [3.8, 4) is 0 Å². The molecule has 0 spiro atoms. The number of hydrogen-bond acceptors (Lipinski definition) is 4. The summed E-state index contributed by atoms with van der Waals surface area (Å²) in [6, 6.07) is 2.19. The number of carbonyl (C=O) groups is 1. The number of piperidine rings is 1. The number of nitrogens with zero attached hydrogens (tertiary/aromatic N) is 4. The van der Waals surface area contributed by atoms with Gasteiger partial charge in [0.15, 0.2) is 5.65 Å². The van der Waals surface area contributed by atoms with Crippen LogP contribution in [0.1, 0.15) is 55.7 Å². The molecular weight excluding hydrogens is 302 g/mol. The highest BCUT2D eigenvalue weighted by molar-refractivity contribution is 6.05. The molecule has 0 saturated carbocycles. The highest BCUT2D eigenvalue weighted by Crippen LogP contribution is 2.27. The Balaban J connectivity index is 2.03. The fourth-order valence-corrected chi connectivity index (χ4v) is 3.60. The van der Waals surface area contributed by atoms with E-state index >= 15 is 0 Å². The average molecular weight is 329 g/mol. The summed E-state index contributed by atoms with van der Waals surface area (Å²) in [7, 11) is 0. The Morgan fingerprint density at radius 1 is 1.46 bits per heavy atom. The molecule has 2 N–H and O–H groups in total. The van der Waals surface area contributed by atoms with Crippen molar-refractivity contribution >= 4 is 16.9 Å². The summed E-state index contributed by atoms with van der Waals surface area (Å²) in [5.74, 6) is 0.668. The lowest BCUT2D eigenvalue weighted by molar-refractivity contribution is 0.0575. The van der Waals surface area contributed by atoms with Gasteiger partial charge in [0.05, 0.1) is 17.1 Å². The molecule has 2 atom stereocenters. The van der Waals surface area contributed by atoms with Crippen LogP contribution >= 0.6 is 0 Å². The Morgan fingerprint density at radius 2 is 2.21 bits per heavy atom. The monoisotopic (exact) mass is 329 g/mol. The zero-order valence-electron chi connectivity index (χ0n) is 15.0. The molecule has 130 valence electrons. The van der Waals surface area contributed by atoms with Crippen LogP contribution in [0.2, 0.25) is 0 Å². The summed E-state index contributed by atoms with van der Waals surface area (Å²) < 4.78 is 1.87. The van der Waals surface area contributed by atoms with Crippen LogP contribution in [0, 0.1) is 12.8 Å². The van der Waals surface area contributed by atoms with Crippen molar-refractivity contribution in [2.24, 2.45) is 11.7 Å². The number of amides is 1. The Morgan fingerprint density at radius 3 is 2.88 bits per heavy atom. The lowest BCUT2D eigenvalue weighted by Gasteiger charge is -2.38. The molecule has 3 heterocycles. The largest absolute Gasteiger partial charge is 0.334 e. The number of aryl methyl sites for hydroxylation is 1. The number of aromatic nitrogens is 3. The van der Waals surface area contributed by atoms with Gasteiger partial charge < -0.3 is 10.6 Å². The van der Waals surface area contributed by atoms with E-state index in [0.29, 0.717) is 18.0 Å². The Kier molecular flexibility index (Phi) is 4.58.